The van der Waals surface area contributed by atoms with Crippen LogP contribution >= 0.6 is 0 Å². The zero-order chi connectivity index (χ0) is 13.6. The van der Waals surface area contributed by atoms with E-state index in [1.54, 1.807) is 7.05 Å². The zero-order valence-corrected chi connectivity index (χ0v) is 11.3. The predicted molar refractivity (Wildman–Crippen MR) is 71.0 cm³/mol. The molecule has 1 amide bonds. The Bertz CT molecular complexity index is 543. The Kier molecular flexibility index (Phi) is 2.97. The number of amides is 1. The minimum absolute atomic E-state index is 0.171. The van der Waals surface area contributed by atoms with Gasteiger partial charge >= 0.3 is 0 Å². The number of rotatable bonds is 3. The fourth-order valence-corrected chi connectivity index (χ4v) is 2.87. The number of carbonyl (C=O) groups excluding carboxylic acids is 1. The monoisotopic (exact) mass is 264 g/mol. The minimum Gasteiger partial charge on any atom is -0.346 e. The second-order valence-electron chi connectivity index (χ2n) is 5.81. The molecule has 2 aliphatic rings. The standard InChI is InChI=1S/C13H20N4O2/c1-8-6-17(9-3-4-9)7-10(8)14-13(19)11-5-12(18)15-16(11)2/h5,8-10H,3-4,6-7H2,1-2H3,(H,14,19)(H,15,18)/t8-,10+/m0/s1. The average molecular weight is 264 g/mol. The van der Waals surface area contributed by atoms with E-state index in [4.69, 9.17) is 0 Å². The first-order chi connectivity index (χ1) is 9.04. The summed E-state index contributed by atoms with van der Waals surface area (Å²) in [6.45, 7) is 4.15. The Morgan fingerprint density at radius 2 is 2.16 bits per heavy atom. The van der Waals surface area contributed by atoms with E-state index in [-0.39, 0.29) is 17.5 Å². The first-order valence-electron chi connectivity index (χ1n) is 6.85. The van der Waals surface area contributed by atoms with E-state index in [1.807, 2.05) is 0 Å². The summed E-state index contributed by atoms with van der Waals surface area (Å²) in [4.78, 5) is 25.8. The molecule has 0 aromatic carbocycles. The van der Waals surface area contributed by atoms with Crippen LogP contribution in [-0.2, 0) is 7.05 Å². The molecule has 2 fully saturated rings. The Balaban J connectivity index is 1.66. The van der Waals surface area contributed by atoms with Crippen LogP contribution in [0.4, 0.5) is 0 Å². The highest BCUT2D eigenvalue weighted by atomic mass is 16.2. The van der Waals surface area contributed by atoms with E-state index in [0.717, 1.165) is 19.1 Å². The lowest BCUT2D eigenvalue weighted by Gasteiger charge is -2.17. The number of hydrogen-bond acceptors (Lipinski definition) is 3. The molecule has 2 heterocycles. The molecule has 3 rings (SSSR count). The van der Waals surface area contributed by atoms with Crippen LogP contribution < -0.4 is 10.9 Å². The molecule has 0 radical (unpaired) electrons. The van der Waals surface area contributed by atoms with Crippen LogP contribution in [0.3, 0.4) is 0 Å². The molecule has 0 spiro atoms. The van der Waals surface area contributed by atoms with Gasteiger partial charge in [-0.05, 0) is 18.8 Å². The molecule has 0 unspecified atom stereocenters. The number of aryl methyl sites for hydroxylation is 1. The summed E-state index contributed by atoms with van der Waals surface area (Å²) < 4.78 is 1.47. The van der Waals surface area contributed by atoms with E-state index in [1.165, 1.54) is 23.6 Å². The Hall–Kier alpha value is -1.56. The number of aromatic amines is 1. The summed E-state index contributed by atoms with van der Waals surface area (Å²) in [5, 5.41) is 5.60. The van der Waals surface area contributed by atoms with Crippen LogP contribution in [0, 0.1) is 5.92 Å². The lowest BCUT2D eigenvalue weighted by atomic mass is 10.1. The second kappa shape index (κ2) is 4.52. The number of nitrogens with zero attached hydrogens (tertiary/aromatic N) is 2. The average Bonchev–Trinajstić information content (AvgIpc) is 3.05. The van der Waals surface area contributed by atoms with Crippen LogP contribution in [0.5, 0.6) is 0 Å². The molecule has 0 bridgehead atoms. The lowest BCUT2D eigenvalue weighted by molar-refractivity contribution is 0.0921. The van der Waals surface area contributed by atoms with Crippen LogP contribution in [-0.4, -0.2) is 45.8 Å². The Morgan fingerprint density at radius 3 is 2.74 bits per heavy atom. The van der Waals surface area contributed by atoms with Gasteiger partial charge in [0.2, 0.25) is 0 Å². The van der Waals surface area contributed by atoms with Crippen molar-refractivity contribution >= 4 is 5.91 Å². The van der Waals surface area contributed by atoms with Crippen LogP contribution in [0.25, 0.3) is 0 Å². The maximum Gasteiger partial charge on any atom is 0.269 e. The van der Waals surface area contributed by atoms with Gasteiger partial charge in [0.15, 0.2) is 0 Å². The van der Waals surface area contributed by atoms with E-state index in [0.29, 0.717) is 11.6 Å². The molecule has 1 aliphatic heterocycles. The number of nitrogens with one attached hydrogen (secondary N) is 2. The molecule has 6 nitrogen and oxygen atoms in total. The van der Waals surface area contributed by atoms with Crippen LogP contribution in [0.2, 0.25) is 0 Å². The van der Waals surface area contributed by atoms with Crippen molar-refractivity contribution in [3.8, 4) is 0 Å². The van der Waals surface area contributed by atoms with E-state index in [9.17, 15) is 9.59 Å². The van der Waals surface area contributed by atoms with Gasteiger partial charge < -0.3 is 5.32 Å². The zero-order valence-electron chi connectivity index (χ0n) is 11.3. The van der Waals surface area contributed by atoms with E-state index < -0.39 is 0 Å². The van der Waals surface area contributed by atoms with Crippen molar-refractivity contribution in [3.05, 3.63) is 22.1 Å². The lowest BCUT2D eigenvalue weighted by Crippen LogP contribution is -2.40. The molecule has 6 heteroatoms. The molecule has 2 atom stereocenters. The van der Waals surface area contributed by atoms with Gasteiger partial charge in [-0.3, -0.25) is 24.3 Å². The fraction of sp³-hybridized carbons (Fsp3) is 0.692. The minimum atomic E-state index is -0.244. The van der Waals surface area contributed by atoms with Crippen LogP contribution in [0.15, 0.2) is 10.9 Å². The van der Waals surface area contributed by atoms with Crippen molar-refractivity contribution < 1.29 is 4.79 Å². The molecular formula is C13H20N4O2. The molecule has 1 aromatic rings. The van der Waals surface area contributed by atoms with Crippen molar-refractivity contribution in [2.45, 2.75) is 31.8 Å². The number of H-pyrrole nitrogens is 1. The fourth-order valence-electron chi connectivity index (χ4n) is 2.87. The molecule has 1 saturated carbocycles. The molecule has 1 aromatic heterocycles. The molecule has 2 N–H and O–H groups in total. The third-order valence-electron chi connectivity index (χ3n) is 4.16. The summed E-state index contributed by atoms with van der Waals surface area (Å²) in [7, 11) is 1.67. The Labute approximate surface area is 111 Å². The highest BCUT2D eigenvalue weighted by Gasteiger charge is 2.38. The summed E-state index contributed by atoms with van der Waals surface area (Å²) >= 11 is 0. The number of carbonyl (C=O) groups is 1. The summed E-state index contributed by atoms with van der Waals surface area (Å²) in [6, 6.07) is 2.26. The molecule has 1 aliphatic carbocycles. The van der Waals surface area contributed by atoms with Gasteiger partial charge in [-0.1, -0.05) is 6.92 Å². The van der Waals surface area contributed by atoms with Gasteiger partial charge in [0.1, 0.15) is 5.69 Å². The molecule has 1 saturated heterocycles. The normalized spacial score (nSPS) is 27.7. The third kappa shape index (κ3) is 2.45. The molecule has 19 heavy (non-hydrogen) atoms. The second-order valence-corrected chi connectivity index (χ2v) is 5.81. The van der Waals surface area contributed by atoms with Crippen molar-refractivity contribution in [1.29, 1.82) is 0 Å². The molecular weight excluding hydrogens is 244 g/mol. The van der Waals surface area contributed by atoms with E-state index >= 15 is 0 Å². The van der Waals surface area contributed by atoms with Crippen molar-refractivity contribution in [3.63, 3.8) is 0 Å². The number of hydrogen-bond donors (Lipinski definition) is 2. The quantitative estimate of drug-likeness (QED) is 0.802. The third-order valence-corrected chi connectivity index (χ3v) is 4.16. The number of aromatic nitrogens is 2. The van der Waals surface area contributed by atoms with E-state index in [2.05, 4.69) is 22.2 Å². The predicted octanol–water partition coefficient (Wildman–Crippen LogP) is -0.0741. The molecule has 104 valence electrons. The maximum atomic E-state index is 12.2. The van der Waals surface area contributed by atoms with Gasteiger partial charge in [-0.2, -0.15) is 0 Å². The first kappa shape index (κ1) is 12.5. The van der Waals surface area contributed by atoms with Gasteiger partial charge in [0.25, 0.3) is 11.5 Å². The maximum absolute atomic E-state index is 12.2. The summed E-state index contributed by atoms with van der Waals surface area (Å²) in [5.41, 5.74) is 0.147. The SMILES string of the molecule is C[C@H]1CN(C2CC2)C[C@H]1NC(=O)c1cc(=O)[nH]n1C. The van der Waals surface area contributed by atoms with Gasteiger partial charge in [0.05, 0.1) is 0 Å². The number of likely N-dealkylation sites (tertiary alicyclic amines) is 1. The largest absolute Gasteiger partial charge is 0.346 e. The van der Waals surface area contributed by atoms with Gasteiger partial charge in [-0.25, -0.2) is 0 Å². The van der Waals surface area contributed by atoms with Crippen molar-refractivity contribution in [2.75, 3.05) is 13.1 Å². The summed E-state index contributed by atoms with van der Waals surface area (Å²) in [6.07, 6.45) is 2.58. The van der Waals surface area contributed by atoms with Crippen LogP contribution in [0.1, 0.15) is 30.3 Å². The van der Waals surface area contributed by atoms with Crippen molar-refractivity contribution in [2.24, 2.45) is 13.0 Å². The summed E-state index contributed by atoms with van der Waals surface area (Å²) in [5.74, 6) is 0.288. The smallest absolute Gasteiger partial charge is 0.269 e. The first-order valence-corrected chi connectivity index (χ1v) is 6.85. The highest BCUT2D eigenvalue weighted by molar-refractivity contribution is 5.92. The van der Waals surface area contributed by atoms with Crippen molar-refractivity contribution in [1.82, 2.24) is 20.0 Å². The van der Waals surface area contributed by atoms with Gasteiger partial charge in [0, 0.05) is 38.3 Å². The topological polar surface area (TPSA) is 70.1 Å². The highest BCUT2D eigenvalue weighted by Crippen LogP contribution is 2.31. The Morgan fingerprint density at radius 1 is 1.42 bits per heavy atom. The van der Waals surface area contributed by atoms with Gasteiger partial charge in [-0.15, -0.1) is 0 Å².